The van der Waals surface area contributed by atoms with Gasteiger partial charge in [-0.25, -0.2) is 0 Å². The standard InChI is InChI=1S/C26H30N2O5/c1-17-7-8-18(2)21(15-17)24(29)22-23(19-5-4-6-20(16-19)32-3)28(26(31)25(22)30)10-9-27-11-13-33-14-12-27/h4-8,15-16,23,29H,9-14H2,1-3H3/b24-22+. The number of hydrogen-bond acceptors (Lipinski definition) is 6. The van der Waals surface area contributed by atoms with Gasteiger partial charge in [0.1, 0.15) is 11.5 Å². The van der Waals surface area contributed by atoms with Crippen LogP contribution >= 0.6 is 0 Å². The van der Waals surface area contributed by atoms with Crippen LogP contribution in [0.5, 0.6) is 5.75 Å². The lowest BCUT2D eigenvalue weighted by Crippen LogP contribution is -2.42. The van der Waals surface area contributed by atoms with Crippen molar-refractivity contribution in [2.24, 2.45) is 0 Å². The van der Waals surface area contributed by atoms with E-state index in [4.69, 9.17) is 9.47 Å². The highest BCUT2D eigenvalue weighted by atomic mass is 16.5. The summed E-state index contributed by atoms with van der Waals surface area (Å²) < 4.78 is 10.8. The normalized spacial score (nSPS) is 20.9. The van der Waals surface area contributed by atoms with Crippen LogP contribution in [0.2, 0.25) is 0 Å². The van der Waals surface area contributed by atoms with Gasteiger partial charge in [-0.15, -0.1) is 0 Å². The summed E-state index contributed by atoms with van der Waals surface area (Å²) in [6, 6.07) is 12.3. The van der Waals surface area contributed by atoms with Gasteiger partial charge >= 0.3 is 0 Å². The second-order valence-electron chi connectivity index (χ2n) is 8.54. The summed E-state index contributed by atoms with van der Waals surface area (Å²) in [5.41, 5.74) is 3.20. The van der Waals surface area contributed by atoms with Gasteiger partial charge in [-0.2, -0.15) is 0 Å². The van der Waals surface area contributed by atoms with Gasteiger partial charge in [0.05, 0.1) is 31.9 Å². The number of ether oxygens (including phenoxy) is 2. The molecule has 33 heavy (non-hydrogen) atoms. The summed E-state index contributed by atoms with van der Waals surface area (Å²) in [4.78, 5) is 30.2. The van der Waals surface area contributed by atoms with Crippen LogP contribution in [0.1, 0.15) is 28.3 Å². The summed E-state index contributed by atoms with van der Waals surface area (Å²) in [6.07, 6.45) is 0. The van der Waals surface area contributed by atoms with Crippen LogP contribution < -0.4 is 4.74 Å². The molecule has 1 atom stereocenters. The number of morpholine rings is 1. The molecule has 1 unspecified atom stereocenters. The minimum Gasteiger partial charge on any atom is -0.507 e. The summed E-state index contributed by atoms with van der Waals surface area (Å²) in [5.74, 6) is -0.777. The maximum Gasteiger partial charge on any atom is 0.295 e. The Morgan fingerprint density at radius 1 is 1.09 bits per heavy atom. The van der Waals surface area contributed by atoms with Crippen molar-refractivity contribution in [1.29, 1.82) is 0 Å². The molecule has 2 aromatic carbocycles. The number of nitrogens with zero attached hydrogens (tertiary/aromatic N) is 2. The summed E-state index contributed by atoms with van der Waals surface area (Å²) in [5, 5.41) is 11.3. The first-order valence-corrected chi connectivity index (χ1v) is 11.2. The summed E-state index contributed by atoms with van der Waals surface area (Å²) >= 11 is 0. The molecule has 2 aliphatic heterocycles. The van der Waals surface area contributed by atoms with Crippen molar-refractivity contribution < 1.29 is 24.2 Å². The van der Waals surface area contributed by atoms with E-state index in [1.807, 2.05) is 56.3 Å². The van der Waals surface area contributed by atoms with E-state index in [1.165, 1.54) is 0 Å². The molecule has 7 nitrogen and oxygen atoms in total. The highest BCUT2D eigenvalue weighted by Gasteiger charge is 2.46. The first-order chi connectivity index (χ1) is 15.9. The van der Waals surface area contributed by atoms with Crippen molar-refractivity contribution in [3.8, 4) is 5.75 Å². The first kappa shape index (κ1) is 23.0. The van der Waals surface area contributed by atoms with Crippen LogP contribution in [0.15, 0.2) is 48.0 Å². The number of Topliss-reactive ketones (excluding diaryl/α,β-unsaturated/α-hetero) is 1. The fraction of sp³-hybridized carbons (Fsp3) is 0.385. The Morgan fingerprint density at radius 2 is 1.85 bits per heavy atom. The molecular formula is C26H30N2O5. The van der Waals surface area contributed by atoms with Gasteiger partial charge in [0, 0.05) is 31.7 Å². The van der Waals surface area contributed by atoms with Crippen LogP contribution in [0, 0.1) is 13.8 Å². The summed E-state index contributed by atoms with van der Waals surface area (Å²) in [7, 11) is 1.57. The molecule has 0 bridgehead atoms. The van der Waals surface area contributed by atoms with E-state index in [1.54, 1.807) is 12.0 Å². The largest absolute Gasteiger partial charge is 0.507 e. The van der Waals surface area contributed by atoms with Gasteiger partial charge in [0.25, 0.3) is 11.7 Å². The lowest BCUT2D eigenvalue weighted by molar-refractivity contribution is -0.140. The number of aliphatic hydroxyl groups is 1. The van der Waals surface area contributed by atoms with E-state index in [0.717, 1.165) is 29.8 Å². The van der Waals surface area contributed by atoms with Gasteiger partial charge in [-0.3, -0.25) is 14.5 Å². The molecule has 4 rings (SSSR count). The highest BCUT2D eigenvalue weighted by Crippen LogP contribution is 2.40. The van der Waals surface area contributed by atoms with Gasteiger partial charge in [0.15, 0.2) is 0 Å². The number of rotatable bonds is 6. The fourth-order valence-electron chi connectivity index (χ4n) is 4.48. The number of carbonyl (C=O) groups excluding carboxylic acids is 2. The van der Waals surface area contributed by atoms with Crippen LogP contribution in [0.4, 0.5) is 0 Å². The second kappa shape index (κ2) is 9.77. The van der Waals surface area contributed by atoms with Gasteiger partial charge < -0.3 is 19.5 Å². The predicted octanol–water partition coefficient (Wildman–Crippen LogP) is 3.07. The van der Waals surface area contributed by atoms with E-state index >= 15 is 0 Å². The SMILES string of the molecule is COc1cccc(C2/C(=C(\O)c3cc(C)ccc3C)C(=O)C(=O)N2CCN2CCOCC2)c1. The number of benzene rings is 2. The van der Waals surface area contributed by atoms with E-state index in [-0.39, 0.29) is 11.3 Å². The second-order valence-corrected chi connectivity index (χ2v) is 8.54. The van der Waals surface area contributed by atoms with Crippen LogP contribution in [0.25, 0.3) is 5.76 Å². The van der Waals surface area contributed by atoms with E-state index in [2.05, 4.69) is 4.90 Å². The quantitative estimate of drug-likeness (QED) is 0.414. The number of aryl methyl sites for hydroxylation is 2. The van der Waals surface area contributed by atoms with Gasteiger partial charge in [-0.1, -0.05) is 29.8 Å². The van der Waals surface area contributed by atoms with Gasteiger partial charge in [0.2, 0.25) is 0 Å². The molecule has 2 heterocycles. The number of methoxy groups -OCH3 is 1. The smallest absolute Gasteiger partial charge is 0.295 e. The Hall–Kier alpha value is -3.16. The Labute approximate surface area is 194 Å². The monoisotopic (exact) mass is 450 g/mol. The Kier molecular flexibility index (Phi) is 6.81. The fourth-order valence-corrected chi connectivity index (χ4v) is 4.48. The average molecular weight is 451 g/mol. The number of ketones is 1. The average Bonchev–Trinajstić information content (AvgIpc) is 3.09. The van der Waals surface area contributed by atoms with Crippen molar-refractivity contribution in [2.75, 3.05) is 46.5 Å². The molecule has 1 amide bonds. The minimum atomic E-state index is -0.693. The number of likely N-dealkylation sites (tertiary alicyclic amines) is 1. The predicted molar refractivity (Wildman–Crippen MR) is 125 cm³/mol. The third-order valence-corrected chi connectivity index (χ3v) is 6.36. The Morgan fingerprint density at radius 3 is 2.58 bits per heavy atom. The van der Waals surface area contributed by atoms with E-state index < -0.39 is 17.7 Å². The number of carbonyl (C=O) groups is 2. The Bertz CT molecular complexity index is 1090. The lowest BCUT2D eigenvalue weighted by Gasteiger charge is -2.31. The third kappa shape index (κ3) is 4.65. The molecule has 174 valence electrons. The van der Waals surface area contributed by atoms with Crippen molar-refractivity contribution in [2.45, 2.75) is 19.9 Å². The molecule has 1 N–H and O–H groups in total. The van der Waals surface area contributed by atoms with E-state index in [9.17, 15) is 14.7 Å². The van der Waals surface area contributed by atoms with Crippen LogP contribution in [0.3, 0.4) is 0 Å². The topological polar surface area (TPSA) is 79.3 Å². The van der Waals surface area contributed by atoms with E-state index in [0.29, 0.717) is 37.6 Å². The molecule has 0 spiro atoms. The zero-order valence-corrected chi connectivity index (χ0v) is 19.3. The molecular weight excluding hydrogens is 420 g/mol. The molecule has 0 aromatic heterocycles. The maximum absolute atomic E-state index is 13.2. The first-order valence-electron chi connectivity index (χ1n) is 11.2. The minimum absolute atomic E-state index is 0.115. The molecule has 0 radical (unpaired) electrons. The number of hydrogen-bond donors (Lipinski definition) is 1. The molecule has 2 fully saturated rings. The lowest BCUT2D eigenvalue weighted by atomic mass is 9.93. The van der Waals surface area contributed by atoms with Crippen molar-refractivity contribution in [3.63, 3.8) is 0 Å². The Balaban J connectivity index is 1.79. The zero-order valence-electron chi connectivity index (χ0n) is 19.3. The zero-order chi connectivity index (χ0) is 23.5. The number of aliphatic hydroxyl groups excluding tert-OH is 1. The van der Waals surface area contributed by atoms with Crippen LogP contribution in [-0.4, -0.2) is 73.1 Å². The summed E-state index contributed by atoms with van der Waals surface area (Å²) in [6.45, 7) is 7.69. The molecule has 0 saturated carbocycles. The molecule has 2 aliphatic rings. The number of amides is 1. The molecule has 7 heteroatoms. The van der Waals surface area contributed by atoms with Gasteiger partial charge in [-0.05, 0) is 43.2 Å². The maximum atomic E-state index is 13.2. The third-order valence-electron chi connectivity index (χ3n) is 6.36. The highest BCUT2D eigenvalue weighted by molar-refractivity contribution is 6.46. The van der Waals surface area contributed by atoms with Crippen molar-refractivity contribution >= 4 is 17.4 Å². The van der Waals surface area contributed by atoms with Crippen LogP contribution in [-0.2, 0) is 14.3 Å². The van der Waals surface area contributed by atoms with Crippen molar-refractivity contribution in [1.82, 2.24) is 9.80 Å². The molecule has 2 aromatic rings. The molecule has 2 saturated heterocycles. The van der Waals surface area contributed by atoms with Crippen molar-refractivity contribution in [3.05, 3.63) is 70.3 Å². The molecule has 0 aliphatic carbocycles.